The number of carbonyl (C=O) groups is 1. The average Bonchev–Trinajstić information content (AvgIpc) is 3.57. The summed E-state index contributed by atoms with van der Waals surface area (Å²) >= 11 is 0. The van der Waals surface area contributed by atoms with Crippen LogP contribution in [0.5, 0.6) is 0 Å². The van der Waals surface area contributed by atoms with Crippen LogP contribution in [0.15, 0.2) is 36.0 Å². The minimum absolute atomic E-state index is 0.0385. The SMILES string of the molecule is C=C1[C@@H](O)[C@@H]2O[C@]3(CC[C@H](/C=C/[C@@H](C)[C@@H]4CC(C)=C[C@@]5(O[C@H](C[C@@](C)(O)C(=O)O)CC[C@H]5O)O4)O3)CC[C@H]2O[C@@H]1[C@@H](O)C[C@H](C)[C@H]1O[C@@]2(CC[C@H]1C)OCCC[C@H]2C. The number of aliphatic hydroxyl groups excluding tert-OH is 3. The van der Waals surface area contributed by atoms with E-state index in [2.05, 4.69) is 33.4 Å². The molecule has 0 radical (unpaired) electrons. The molecule has 6 fully saturated rings. The lowest BCUT2D eigenvalue weighted by Gasteiger charge is -2.51. The molecule has 5 N–H and O–H groups in total. The van der Waals surface area contributed by atoms with E-state index in [0.29, 0.717) is 62.4 Å². The fraction of sp³-hybridized carbons (Fsp3) is 0.844. The molecule has 6 saturated heterocycles. The number of fused-ring (bicyclic) bond motifs is 1. The van der Waals surface area contributed by atoms with Gasteiger partial charge in [0.25, 0.3) is 0 Å². The minimum Gasteiger partial charge on any atom is -0.479 e. The van der Waals surface area contributed by atoms with Crippen molar-refractivity contribution in [2.75, 3.05) is 6.61 Å². The Kier molecular flexibility index (Phi) is 13.1. The quantitative estimate of drug-likeness (QED) is 0.176. The number of aliphatic hydroxyl groups is 4. The predicted molar refractivity (Wildman–Crippen MR) is 212 cm³/mol. The maximum Gasteiger partial charge on any atom is 0.335 e. The number of hydrogen-bond donors (Lipinski definition) is 5. The van der Waals surface area contributed by atoms with Crippen molar-refractivity contribution < 1.29 is 63.5 Å². The molecule has 0 aromatic heterocycles. The molecule has 0 amide bonds. The third-order valence-corrected chi connectivity index (χ3v) is 14.5. The summed E-state index contributed by atoms with van der Waals surface area (Å²) in [5.74, 6) is -3.56. The van der Waals surface area contributed by atoms with E-state index >= 15 is 0 Å². The number of ether oxygens (including phenoxy) is 7. The van der Waals surface area contributed by atoms with Crippen LogP contribution in [0, 0.1) is 23.7 Å². The van der Waals surface area contributed by atoms with Crippen LogP contribution in [0.25, 0.3) is 0 Å². The molecular weight excluding hydrogens is 748 g/mol. The molecule has 13 heteroatoms. The van der Waals surface area contributed by atoms with Crippen molar-refractivity contribution in [2.45, 2.75) is 209 Å². The molecule has 0 bridgehead atoms. The van der Waals surface area contributed by atoms with Crippen LogP contribution in [0.4, 0.5) is 0 Å². The zero-order valence-electron chi connectivity index (χ0n) is 35.4. The smallest absolute Gasteiger partial charge is 0.335 e. The first-order valence-corrected chi connectivity index (χ1v) is 22.1. The van der Waals surface area contributed by atoms with E-state index < -0.39 is 71.7 Å². The zero-order valence-corrected chi connectivity index (χ0v) is 35.4. The Bertz CT molecular complexity index is 1550. The maximum absolute atomic E-state index is 11.6. The molecule has 0 aliphatic carbocycles. The summed E-state index contributed by atoms with van der Waals surface area (Å²) in [5, 5.41) is 54.1. The van der Waals surface area contributed by atoms with E-state index in [1.165, 1.54) is 6.92 Å². The highest BCUT2D eigenvalue weighted by Gasteiger charge is 2.55. The molecular formula is C45H70O13. The number of carboxylic acid groups (broad SMARTS) is 1. The Morgan fingerprint density at radius 1 is 1.02 bits per heavy atom. The van der Waals surface area contributed by atoms with Crippen molar-refractivity contribution in [2.24, 2.45) is 23.7 Å². The molecule has 7 aliphatic heterocycles. The van der Waals surface area contributed by atoms with Crippen LogP contribution in [-0.4, -0.2) is 122 Å². The van der Waals surface area contributed by atoms with Crippen molar-refractivity contribution in [3.8, 4) is 0 Å². The largest absolute Gasteiger partial charge is 0.479 e. The summed E-state index contributed by atoms with van der Waals surface area (Å²) in [5.41, 5.74) is -0.554. The van der Waals surface area contributed by atoms with Crippen LogP contribution in [0.3, 0.4) is 0 Å². The fourth-order valence-electron chi connectivity index (χ4n) is 10.9. The fourth-order valence-corrected chi connectivity index (χ4v) is 10.9. The molecule has 0 aromatic carbocycles. The molecule has 7 aliphatic rings. The van der Waals surface area contributed by atoms with Gasteiger partial charge in [-0.3, -0.25) is 0 Å². The van der Waals surface area contributed by atoms with Crippen molar-refractivity contribution in [3.63, 3.8) is 0 Å². The molecule has 58 heavy (non-hydrogen) atoms. The summed E-state index contributed by atoms with van der Waals surface area (Å²) in [6.45, 7) is 16.7. The van der Waals surface area contributed by atoms with Crippen molar-refractivity contribution in [1.82, 2.24) is 0 Å². The minimum atomic E-state index is -1.96. The van der Waals surface area contributed by atoms with E-state index in [9.17, 15) is 30.3 Å². The summed E-state index contributed by atoms with van der Waals surface area (Å²) in [6.07, 6.45) is 8.36. The first-order chi connectivity index (χ1) is 27.3. The van der Waals surface area contributed by atoms with Gasteiger partial charge in [-0.2, -0.15) is 0 Å². The van der Waals surface area contributed by atoms with Crippen LogP contribution in [-0.2, 0) is 38.0 Å². The van der Waals surface area contributed by atoms with Crippen LogP contribution < -0.4 is 0 Å². The van der Waals surface area contributed by atoms with Gasteiger partial charge in [0, 0.05) is 37.5 Å². The second kappa shape index (κ2) is 17.2. The van der Waals surface area contributed by atoms with E-state index in [0.717, 1.165) is 44.3 Å². The number of carboxylic acids is 1. The molecule has 0 unspecified atom stereocenters. The van der Waals surface area contributed by atoms with Gasteiger partial charge in [-0.25, -0.2) is 4.79 Å². The highest BCUT2D eigenvalue weighted by Crippen LogP contribution is 2.48. The van der Waals surface area contributed by atoms with Gasteiger partial charge in [0.05, 0.1) is 43.2 Å². The first kappa shape index (κ1) is 44.3. The average molecular weight is 819 g/mol. The predicted octanol–water partition coefficient (Wildman–Crippen LogP) is 5.46. The Hall–Kier alpha value is -1.75. The molecule has 13 nitrogen and oxygen atoms in total. The normalized spacial score (nSPS) is 46.1. The summed E-state index contributed by atoms with van der Waals surface area (Å²) < 4.78 is 45.5. The zero-order chi connectivity index (χ0) is 41.8. The molecule has 0 saturated carbocycles. The third kappa shape index (κ3) is 8.93. The Balaban J connectivity index is 0.922. The van der Waals surface area contributed by atoms with Crippen LogP contribution in [0.2, 0.25) is 0 Å². The van der Waals surface area contributed by atoms with Gasteiger partial charge in [0.1, 0.15) is 24.4 Å². The number of rotatable bonds is 10. The van der Waals surface area contributed by atoms with E-state index in [1.807, 2.05) is 19.9 Å². The third-order valence-electron chi connectivity index (χ3n) is 14.5. The molecule has 328 valence electrons. The van der Waals surface area contributed by atoms with Gasteiger partial charge in [-0.05, 0) is 95.1 Å². The topological polar surface area (TPSA) is 183 Å². The van der Waals surface area contributed by atoms with Gasteiger partial charge in [0.2, 0.25) is 5.79 Å². The lowest BCUT2D eigenvalue weighted by molar-refractivity contribution is -0.334. The maximum atomic E-state index is 11.6. The van der Waals surface area contributed by atoms with Gasteiger partial charge in [0.15, 0.2) is 17.2 Å². The van der Waals surface area contributed by atoms with Crippen molar-refractivity contribution in [1.29, 1.82) is 0 Å². The molecule has 7 heterocycles. The summed E-state index contributed by atoms with van der Waals surface area (Å²) in [7, 11) is 0. The Labute approximate surface area is 344 Å². The van der Waals surface area contributed by atoms with Crippen molar-refractivity contribution >= 4 is 5.97 Å². The van der Waals surface area contributed by atoms with E-state index in [1.54, 1.807) is 6.08 Å². The molecule has 0 aromatic rings. The molecule has 7 rings (SSSR count). The van der Waals surface area contributed by atoms with Gasteiger partial charge < -0.3 is 58.7 Å². The summed E-state index contributed by atoms with van der Waals surface area (Å²) in [4.78, 5) is 11.6. The summed E-state index contributed by atoms with van der Waals surface area (Å²) in [6, 6.07) is 0. The number of aliphatic carboxylic acids is 1. The highest BCUT2D eigenvalue weighted by atomic mass is 16.7. The van der Waals surface area contributed by atoms with Crippen LogP contribution in [0.1, 0.15) is 125 Å². The first-order valence-electron chi connectivity index (χ1n) is 22.1. The Morgan fingerprint density at radius 2 is 1.78 bits per heavy atom. The van der Waals surface area contributed by atoms with E-state index in [-0.39, 0.29) is 36.6 Å². The Morgan fingerprint density at radius 3 is 2.52 bits per heavy atom. The van der Waals surface area contributed by atoms with Gasteiger partial charge in [-0.15, -0.1) is 0 Å². The second-order valence-corrected chi connectivity index (χ2v) is 19.4. The van der Waals surface area contributed by atoms with E-state index in [4.69, 9.17) is 33.2 Å². The highest BCUT2D eigenvalue weighted by molar-refractivity contribution is 5.76. The lowest BCUT2D eigenvalue weighted by atomic mass is 9.78. The van der Waals surface area contributed by atoms with Crippen LogP contribution >= 0.6 is 0 Å². The van der Waals surface area contributed by atoms with Gasteiger partial charge >= 0.3 is 5.97 Å². The number of hydrogen-bond acceptors (Lipinski definition) is 12. The second-order valence-electron chi connectivity index (χ2n) is 19.4. The lowest BCUT2D eigenvalue weighted by Crippen LogP contribution is -2.60. The molecule has 18 atom stereocenters. The van der Waals surface area contributed by atoms with Crippen molar-refractivity contribution in [3.05, 3.63) is 36.0 Å². The standard InChI is InChI=1S/C45H70O13/c1-25-21-35(56-45(23-25)36(47)13-12-32(55-45)24-42(7,51)41(49)50)26(2)10-11-31-15-17-43(54-31)18-16-34-40(57-43)37(48)30(6)39(53-34)33(46)22-28(4)38-27(3)14-19-44(58-38)29(5)9-8-20-52-44/h10-11,23,26-29,31-40,46-48,51H,6,8-9,12-22,24H2,1-5,7H3,(H,49,50)/b11-10+/t26-,27-,28+,29-,31+,32+,33+,34-,35+,36-,37-,38+,39+,40-,42-,43-,44-,45-/m1/s1. The molecule has 3 spiro atoms. The monoisotopic (exact) mass is 818 g/mol. The van der Waals surface area contributed by atoms with Gasteiger partial charge in [-0.1, -0.05) is 52.0 Å².